The number of nitrogens with zero attached hydrogens (tertiary/aromatic N) is 1. The van der Waals surface area contributed by atoms with Gasteiger partial charge in [0.2, 0.25) is 5.91 Å². The highest BCUT2D eigenvalue weighted by molar-refractivity contribution is 6.30. The van der Waals surface area contributed by atoms with Gasteiger partial charge in [0.05, 0.1) is 5.92 Å². The van der Waals surface area contributed by atoms with Gasteiger partial charge in [-0.15, -0.1) is 0 Å². The Hall–Kier alpha value is -1.55. The van der Waals surface area contributed by atoms with E-state index in [0.717, 1.165) is 5.56 Å². The van der Waals surface area contributed by atoms with Crippen molar-refractivity contribution in [1.82, 2.24) is 4.90 Å². The molecule has 18 heavy (non-hydrogen) atoms. The van der Waals surface area contributed by atoms with Crippen molar-refractivity contribution in [1.29, 1.82) is 0 Å². The molecule has 5 heteroatoms. The van der Waals surface area contributed by atoms with E-state index in [9.17, 15) is 9.59 Å². The first kappa shape index (κ1) is 14.5. The van der Waals surface area contributed by atoms with Crippen molar-refractivity contribution in [2.24, 2.45) is 5.92 Å². The van der Waals surface area contributed by atoms with Crippen LogP contribution in [0, 0.1) is 5.92 Å². The minimum atomic E-state index is -0.905. The summed E-state index contributed by atoms with van der Waals surface area (Å²) >= 11 is 5.78. The summed E-state index contributed by atoms with van der Waals surface area (Å²) in [6, 6.07) is 7.14. The fraction of sp³-hybridized carbons (Fsp3) is 0.385. The second kappa shape index (κ2) is 6.40. The van der Waals surface area contributed by atoms with Crippen LogP contribution in [-0.2, 0) is 16.1 Å². The van der Waals surface area contributed by atoms with E-state index < -0.39 is 11.9 Å². The Balaban J connectivity index is 2.71. The average Bonchev–Trinajstić information content (AvgIpc) is 2.30. The third-order valence-electron chi connectivity index (χ3n) is 2.65. The Morgan fingerprint density at radius 3 is 2.33 bits per heavy atom. The molecule has 98 valence electrons. The first-order chi connectivity index (χ1) is 8.40. The number of hydrogen-bond acceptors (Lipinski definition) is 2. The van der Waals surface area contributed by atoms with Crippen molar-refractivity contribution in [3.05, 3.63) is 34.9 Å². The quantitative estimate of drug-likeness (QED) is 0.893. The molecule has 1 amide bonds. The molecule has 0 radical (unpaired) electrons. The van der Waals surface area contributed by atoms with Crippen LogP contribution in [-0.4, -0.2) is 28.4 Å². The van der Waals surface area contributed by atoms with Gasteiger partial charge >= 0.3 is 5.97 Å². The van der Waals surface area contributed by atoms with Crippen LogP contribution in [0.3, 0.4) is 0 Å². The molecule has 0 bridgehead atoms. The third kappa shape index (κ3) is 4.37. The molecule has 1 rings (SSSR count). The molecule has 1 aromatic carbocycles. The van der Waals surface area contributed by atoms with E-state index in [1.54, 1.807) is 19.1 Å². The monoisotopic (exact) mass is 269 g/mol. The lowest BCUT2D eigenvalue weighted by molar-refractivity contribution is -0.142. The zero-order valence-corrected chi connectivity index (χ0v) is 11.1. The van der Waals surface area contributed by atoms with Gasteiger partial charge in [-0.3, -0.25) is 9.59 Å². The summed E-state index contributed by atoms with van der Waals surface area (Å²) in [5.74, 6) is -1.63. The SMILES string of the molecule is CC(=O)N(Cc1ccc(Cl)cc1)CC(C)C(=O)O. The number of benzene rings is 1. The van der Waals surface area contributed by atoms with Gasteiger partial charge in [0.15, 0.2) is 0 Å². The van der Waals surface area contributed by atoms with Crippen molar-refractivity contribution in [3.8, 4) is 0 Å². The molecule has 0 spiro atoms. The number of carbonyl (C=O) groups is 2. The molecule has 0 fully saturated rings. The molecule has 1 aromatic rings. The van der Waals surface area contributed by atoms with Crippen LogP contribution in [0.25, 0.3) is 0 Å². The highest BCUT2D eigenvalue weighted by Crippen LogP contribution is 2.12. The maximum absolute atomic E-state index is 11.5. The first-order valence-corrected chi connectivity index (χ1v) is 6.00. The highest BCUT2D eigenvalue weighted by Gasteiger charge is 2.18. The second-order valence-electron chi connectivity index (χ2n) is 4.27. The van der Waals surface area contributed by atoms with E-state index >= 15 is 0 Å². The molecule has 4 nitrogen and oxygen atoms in total. The number of carboxylic acids is 1. The van der Waals surface area contributed by atoms with Crippen molar-refractivity contribution in [2.45, 2.75) is 20.4 Å². The summed E-state index contributed by atoms with van der Waals surface area (Å²) < 4.78 is 0. The van der Waals surface area contributed by atoms with Crippen LogP contribution in [0.4, 0.5) is 0 Å². The zero-order chi connectivity index (χ0) is 13.7. The molecule has 0 aliphatic rings. The van der Waals surface area contributed by atoms with Gasteiger partial charge in [-0.25, -0.2) is 0 Å². The molecule has 0 aliphatic heterocycles. The fourth-order valence-electron chi connectivity index (χ4n) is 1.52. The predicted octanol–water partition coefficient (Wildman–Crippen LogP) is 2.41. The smallest absolute Gasteiger partial charge is 0.308 e. The lowest BCUT2D eigenvalue weighted by Crippen LogP contribution is -2.34. The molecule has 0 aromatic heterocycles. The Labute approximate surface area is 111 Å². The van der Waals surface area contributed by atoms with E-state index in [4.69, 9.17) is 16.7 Å². The standard InChI is InChI=1S/C13H16ClNO3/c1-9(13(17)18)7-15(10(2)16)8-11-3-5-12(14)6-4-11/h3-6,9H,7-8H2,1-2H3,(H,17,18). The molecular weight excluding hydrogens is 254 g/mol. The lowest BCUT2D eigenvalue weighted by atomic mass is 10.1. The van der Waals surface area contributed by atoms with Crippen LogP contribution in [0.15, 0.2) is 24.3 Å². The van der Waals surface area contributed by atoms with Gasteiger partial charge in [0.25, 0.3) is 0 Å². The predicted molar refractivity (Wildman–Crippen MR) is 69.3 cm³/mol. The van der Waals surface area contributed by atoms with E-state index in [1.807, 2.05) is 12.1 Å². The van der Waals surface area contributed by atoms with E-state index in [2.05, 4.69) is 0 Å². The van der Waals surface area contributed by atoms with Gasteiger partial charge in [-0.05, 0) is 17.7 Å². The van der Waals surface area contributed by atoms with Crippen molar-refractivity contribution >= 4 is 23.5 Å². The van der Waals surface area contributed by atoms with Crippen LogP contribution >= 0.6 is 11.6 Å². The number of aliphatic carboxylic acids is 1. The molecule has 1 unspecified atom stereocenters. The molecule has 0 aliphatic carbocycles. The summed E-state index contributed by atoms with van der Waals surface area (Å²) in [5.41, 5.74) is 0.923. The summed E-state index contributed by atoms with van der Waals surface area (Å²) in [7, 11) is 0. The van der Waals surface area contributed by atoms with Crippen LogP contribution in [0.2, 0.25) is 5.02 Å². The molecular formula is C13H16ClNO3. The maximum atomic E-state index is 11.5. The van der Waals surface area contributed by atoms with Crippen molar-refractivity contribution in [2.75, 3.05) is 6.54 Å². The van der Waals surface area contributed by atoms with Gasteiger partial charge < -0.3 is 10.0 Å². The number of halogens is 1. The Morgan fingerprint density at radius 1 is 1.33 bits per heavy atom. The highest BCUT2D eigenvalue weighted by atomic mass is 35.5. The number of hydrogen-bond donors (Lipinski definition) is 1. The summed E-state index contributed by atoms with van der Waals surface area (Å²) in [4.78, 5) is 23.8. The number of rotatable bonds is 5. The van der Waals surface area contributed by atoms with Crippen LogP contribution < -0.4 is 0 Å². The Kier molecular flexibility index (Phi) is 5.16. The largest absolute Gasteiger partial charge is 0.481 e. The normalized spacial score (nSPS) is 11.9. The van der Waals surface area contributed by atoms with Crippen LogP contribution in [0.5, 0.6) is 0 Å². The van der Waals surface area contributed by atoms with Gasteiger partial charge in [-0.1, -0.05) is 30.7 Å². The summed E-state index contributed by atoms with van der Waals surface area (Å²) in [6.45, 7) is 3.61. The molecule has 1 N–H and O–H groups in total. The topological polar surface area (TPSA) is 57.6 Å². The first-order valence-electron chi connectivity index (χ1n) is 5.63. The van der Waals surface area contributed by atoms with E-state index in [1.165, 1.54) is 11.8 Å². The van der Waals surface area contributed by atoms with Gasteiger partial charge in [0, 0.05) is 25.0 Å². The van der Waals surface area contributed by atoms with Gasteiger partial charge in [0.1, 0.15) is 0 Å². The minimum absolute atomic E-state index is 0.141. The summed E-state index contributed by atoms with van der Waals surface area (Å²) in [6.07, 6.45) is 0. The minimum Gasteiger partial charge on any atom is -0.481 e. The number of carboxylic acid groups (broad SMARTS) is 1. The Morgan fingerprint density at radius 2 is 1.89 bits per heavy atom. The number of amides is 1. The molecule has 0 saturated heterocycles. The van der Waals surface area contributed by atoms with Crippen molar-refractivity contribution < 1.29 is 14.7 Å². The lowest BCUT2D eigenvalue weighted by Gasteiger charge is -2.23. The second-order valence-corrected chi connectivity index (χ2v) is 4.70. The fourth-order valence-corrected chi connectivity index (χ4v) is 1.65. The molecule has 0 saturated carbocycles. The Bertz CT molecular complexity index is 430. The van der Waals surface area contributed by atoms with Crippen LogP contribution in [0.1, 0.15) is 19.4 Å². The molecule has 1 atom stereocenters. The number of carbonyl (C=O) groups excluding carboxylic acids is 1. The van der Waals surface area contributed by atoms with Gasteiger partial charge in [-0.2, -0.15) is 0 Å². The van der Waals surface area contributed by atoms with E-state index in [0.29, 0.717) is 11.6 Å². The average molecular weight is 270 g/mol. The maximum Gasteiger partial charge on any atom is 0.308 e. The third-order valence-corrected chi connectivity index (χ3v) is 2.90. The van der Waals surface area contributed by atoms with E-state index in [-0.39, 0.29) is 12.5 Å². The summed E-state index contributed by atoms with van der Waals surface area (Å²) in [5, 5.41) is 9.49. The molecule has 0 heterocycles. The van der Waals surface area contributed by atoms with Crippen molar-refractivity contribution in [3.63, 3.8) is 0 Å². The zero-order valence-electron chi connectivity index (χ0n) is 10.4.